The van der Waals surface area contributed by atoms with Crippen molar-refractivity contribution in [2.75, 3.05) is 12.3 Å². The topological polar surface area (TPSA) is 72.9 Å². The van der Waals surface area contributed by atoms with Crippen molar-refractivity contribution in [1.82, 2.24) is 15.1 Å². The Balaban J connectivity index is 1.63. The van der Waals surface area contributed by atoms with Crippen LogP contribution >= 0.6 is 0 Å². The zero-order chi connectivity index (χ0) is 13.9. The highest BCUT2D eigenvalue weighted by Crippen LogP contribution is 2.31. The van der Waals surface area contributed by atoms with E-state index < -0.39 is 0 Å². The van der Waals surface area contributed by atoms with E-state index in [2.05, 4.69) is 10.4 Å². The Bertz CT molecular complexity index is 599. The number of amides is 1. The van der Waals surface area contributed by atoms with Gasteiger partial charge in [-0.15, -0.1) is 0 Å². The van der Waals surface area contributed by atoms with E-state index in [-0.39, 0.29) is 5.91 Å². The first-order valence-electron chi connectivity index (χ1n) is 6.92. The second-order valence-corrected chi connectivity index (χ2v) is 5.23. The van der Waals surface area contributed by atoms with Gasteiger partial charge >= 0.3 is 0 Å². The zero-order valence-electron chi connectivity index (χ0n) is 11.2. The van der Waals surface area contributed by atoms with E-state index in [1.165, 1.54) is 12.8 Å². The number of nitrogen functional groups attached to an aromatic ring is 1. The molecule has 1 heterocycles. The van der Waals surface area contributed by atoms with Crippen molar-refractivity contribution >= 4 is 11.6 Å². The SMILES string of the molecule is Nc1ccc(-n2ccc(C(=O)NCCC3CC3)n2)cc1. The first-order valence-corrected chi connectivity index (χ1v) is 6.92. The van der Waals surface area contributed by atoms with Crippen LogP contribution in [0.4, 0.5) is 5.69 Å². The summed E-state index contributed by atoms with van der Waals surface area (Å²) < 4.78 is 1.68. The number of carbonyl (C=O) groups is 1. The molecule has 3 rings (SSSR count). The van der Waals surface area contributed by atoms with E-state index in [1.54, 1.807) is 16.9 Å². The third kappa shape index (κ3) is 2.99. The summed E-state index contributed by atoms with van der Waals surface area (Å²) in [7, 11) is 0. The van der Waals surface area contributed by atoms with Crippen LogP contribution in [0.15, 0.2) is 36.5 Å². The van der Waals surface area contributed by atoms with E-state index in [0.29, 0.717) is 11.4 Å². The molecule has 0 unspecified atom stereocenters. The van der Waals surface area contributed by atoms with Crippen LogP contribution < -0.4 is 11.1 Å². The lowest BCUT2D eigenvalue weighted by atomic mass is 10.3. The van der Waals surface area contributed by atoms with Gasteiger partial charge in [0.05, 0.1) is 5.69 Å². The largest absolute Gasteiger partial charge is 0.399 e. The summed E-state index contributed by atoms with van der Waals surface area (Å²) in [5, 5.41) is 7.20. The van der Waals surface area contributed by atoms with Gasteiger partial charge in [-0.2, -0.15) is 5.10 Å². The lowest BCUT2D eigenvalue weighted by Gasteiger charge is -2.03. The van der Waals surface area contributed by atoms with Crippen molar-refractivity contribution in [2.45, 2.75) is 19.3 Å². The maximum absolute atomic E-state index is 11.9. The predicted molar refractivity (Wildman–Crippen MR) is 77.7 cm³/mol. The number of rotatable bonds is 5. The fraction of sp³-hybridized carbons (Fsp3) is 0.333. The smallest absolute Gasteiger partial charge is 0.271 e. The molecule has 1 aliphatic carbocycles. The van der Waals surface area contributed by atoms with E-state index in [0.717, 1.165) is 24.6 Å². The molecular weight excluding hydrogens is 252 g/mol. The molecule has 1 aromatic heterocycles. The second kappa shape index (κ2) is 5.36. The highest BCUT2D eigenvalue weighted by atomic mass is 16.1. The molecule has 0 radical (unpaired) electrons. The second-order valence-electron chi connectivity index (χ2n) is 5.23. The summed E-state index contributed by atoms with van der Waals surface area (Å²) in [6.45, 7) is 0.734. The van der Waals surface area contributed by atoms with E-state index in [9.17, 15) is 4.79 Å². The average molecular weight is 270 g/mol. The summed E-state index contributed by atoms with van der Waals surface area (Å²) >= 11 is 0. The lowest BCUT2D eigenvalue weighted by molar-refractivity contribution is 0.0947. The van der Waals surface area contributed by atoms with Gasteiger partial charge in [-0.05, 0) is 42.7 Å². The number of nitrogens with zero attached hydrogens (tertiary/aromatic N) is 2. The summed E-state index contributed by atoms with van der Waals surface area (Å²) in [4.78, 5) is 11.9. The number of nitrogens with two attached hydrogens (primary N) is 1. The maximum atomic E-state index is 11.9. The van der Waals surface area contributed by atoms with Gasteiger partial charge in [-0.25, -0.2) is 4.68 Å². The molecule has 1 saturated carbocycles. The Labute approximate surface area is 117 Å². The van der Waals surface area contributed by atoms with Crippen LogP contribution in [0.5, 0.6) is 0 Å². The number of nitrogens with one attached hydrogen (secondary N) is 1. The van der Waals surface area contributed by atoms with Crippen molar-refractivity contribution in [3.8, 4) is 5.69 Å². The monoisotopic (exact) mass is 270 g/mol. The van der Waals surface area contributed by atoms with Gasteiger partial charge in [0.25, 0.3) is 5.91 Å². The third-order valence-electron chi connectivity index (χ3n) is 3.51. The van der Waals surface area contributed by atoms with Crippen LogP contribution in [0.2, 0.25) is 0 Å². The Morgan fingerprint density at radius 3 is 2.75 bits per heavy atom. The van der Waals surface area contributed by atoms with Crippen molar-refractivity contribution < 1.29 is 4.79 Å². The van der Waals surface area contributed by atoms with Gasteiger partial charge in [-0.3, -0.25) is 4.79 Å². The number of hydrogen-bond acceptors (Lipinski definition) is 3. The summed E-state index contributed by atoms with van der Waals surface area (Å²) in [5.41, 5.74) is 7.68. The van der Waals surface area contributed by atoms with Crippen LogP contribution in [-0.2, 0) is 0 Å². The van der Waals surface area contributed by atoms with Crippen molar-refractivity contribution in [2.24, 2.45) is 5.92 Å². The van der Waals surface area contributed by atoms with Crippen LogP contribution in [0.3, 0.4) is 0 Å². The van der Waals surface area contributed by atoms with E-state index in [4.69, 9.17) is 5.73 Å². The summed E-state index contributed by atoms with van der Waals surface area (Å²) in [6.07, 6.45) is 5.47. The van der Waals surface area contributed by atoms with Crippen molar-refractivity contribution in [3.63, 3.8) is 0 Å². The quantitative estimate of drug-likeness (QED) is 0.816. The Hall–Kier alpha value is -2.30. The Morgan fingerprint density at radius 1 is 1.30 bits per heavy atom. The van der Waals surface area contributed by atoms with E-state index in [1.807, 2.05) is 24.3 Å². The van der Waals surface area contributed by atoms with Gasteiger partial charge in [0.15, 0.2) is 5.69 Å². The zero-order valence-corrected chi connectivity index (χ0v) is 11.2. The molecule has 3 N–H and O–H groups in total. The molecule has 0 bridgehead atoms. The molecule has 1 aliphatic rings. The molecule has 1 aromatic carbocycles. The fourth-order valence-electron chi connectivity index (χ4n) is 2.10. The average Bonchev–Trinajstić information content (AvgIpc) is 3.14. The molecule has 2 aromatic rings. The lowest BCUT2D eigenvalue weighted by Crippen LogP contribution is -2.25. The van der Waals surface area contributed by atoms with Gasteiger partial charge < -0.3 is 11.1 Å². The minimum atomic E-state index is -0.111. The Morgan fingerprint density at radius 2 is 2.05 bits per heavy atom. The van der Waals surface area contributed by atoms with Crippen LogP contribution in [0.1, 0.15) is 29.8 Å². The summed E-state index contributed by atoms with van der Waals surface area (Å²) in [5.74, 6) is 0.711. The van der Waals surface area contributed by atoms with Crippen molar-refractivity contribution in [1.29, 1.82) is 0 Å². The number of hydrogen-bond donors (Lipinski definition) is 2. The molecule has 1 fully saturated rings. The summed E-state index contributed by atoms with van der Waals surface area (Å²) in [6, 6.07) is 9.09. The molecule has 5 heteroatoms. The maximum Gasteiger partial charge on any atom is 0.271 e. The number of carbonyl (C=O) groups excluding carboxylic acids is 1. The van der Waals surface area contributed by atoms with E-state index >= 15 is 0 Å². The highest BCUT2D eigenvalue weighted by molar-refractivity contribution is 5.92. The third-order valence-corrected chi connectivity index (χ3v) is 3.51. The molecule has 0 aliphatic heterocycles. The number of anilines is 1. The first-order chi connectivity index (χ1) is 9.72. The molecule has 104 valence electrons. The molecule has 1 amide bonds. The minimum Gasteiger partial charge on any atom is -0.399 e. The minimum absolute atomic E-state index is 0.111. The van der Waals surface area contributed by atoms with Gasteiger partial charge in [0.2, 0.25) is 0 Å². The highest BCUT2D eigenvalue weighted by Gasteiger charge is 2.21. The number of benzene rings is 1. The standard InChI is InChI=1S/C15H18N4O/c16-12-3-5-13(6-4-12)19-10-8-14(18-19)15(20)17-9-7-11-1-2-11/h3-6,8,10-11H,1-2,7,9,16H2,(H,17,20). The molecule has 20 heavy (non-hydrogen) atoms. The predicted octanol–water partition coefficient (Wildman–Crippen LogP) is 1.98. The molecule has 0 saturated heterocycles. The number of aromatic nitrogens is 2. The molecular formula is C15H18N4O. The normalized spacial score (nSPS) is 14.2. The Kier molecular flexibility index (Phi) is 3.41. The van der Waals surface area contributed by atoms with Crippen LogP contribution in [0.25, 0.3) is 5.69 Å². The van der Waals surface area contributed by atoms with Crippen molar-refractivity contribution in [3.05, 3.63) is 42.2 Å². The van der Waals surface area contributed by atoms with Gasteiger partial charge in [0.1, 0.15) is 0 Å². The first kappa shape index (κ1) is 12.7. The fourth-order valence-corrected chi connectivity index (χ4v) is 2.10. The molecule has 0 spiro atoms. The van der Waals surface area contributed by atoms with Gasteiger partial charge in [-0.1, -0.05) is 12.8 Å². The van der Waals surface area contributed by atoms with Crippen LogP contribution in [0, 0.1) is 5.92 Å². The van der Waals surface area contributed by atoms with Gasteiger partial charge in [0, 0.05) is 18.4 Å². The molecule has 5 nitrogen and oxygen atoms in total. The molecule has 0 atom stereocenters. The van der Waals surface area contributed by atoms with Crippen LogP contribution in [-0.4, -0.2) is 22.2 Å².